The Balaban J connectivity index is 1.13. The zero-order valence-electron chi connectivity index (χ0n) is 16.0. The van der Waals surface area contributed by atoms with E-state index < -0.39 is 0 Å². The second kappa shape index (κ2) is 7.08. The average molecular weight is 372 g/mol. The fraction of sp³-hybridized carbons (Fsp3) is 0.682. The van der Waals surface area contributed by atoms with E-state index in [4.69, 9.17) is 0 Å². The number of rotatable bonds is 3. The molecule has 146 valence electrons. The van der Waals surface area contributed by atoms with Gasteiger partial charge in [0, 0.05) is 45.0 Å². The van der Waals surface area contributed by atoms with Gasteiger partial charge in [0.15, 0.2) is 0 Å². The van der Waals surface area contributed by atoms with Crippen molar-refractivity contribution in [2.75, 3.05) is 50.7 Å². The molecule has 0 spiro atoms. The van der Waals surface area contributed by atoms with Gasteiger partial charge in [0.1, 0.15) is 5.82 Å². The number of nitrogens with zero attached hydrogens (tertiary/aromatic N) is 3. The summed E-state index contributed by atoms with van der Waals surface area (Å²) in [7, 11) is 0. The van der Waals surface area contributed by atoms with Crippen LogP contribution in [0.2, 0.25) is 0 Å². The fourth-order valence-electron chi connectivity index (χ4n) is 6.23. The molecular weight excluding hydrogens is 341 g/mol. The van der Waals surface area contributed by atoms with Gasteiger partial charge >= 0.3 is 0 Å². The second-order valence-corrected chi connectivity index (χ2v) is 9.04. The first-order valence-corrected chi connectivity index (χ1v) is 10.7. The van der Waals surface area contributed by atoms with E-state index in [0.717, 1.165) is 68.6 Å². The normalized spacial score (nSPS) is 33.4. The van der Waals surface area contributed by atoms with E-state index in [9.17, 15) is 9.18 Å². The zero-order valence-corrected chi connectivity index (χ0v) is 16.0. The van der Waals surface area contributed by atoms with Gasteiger partial charge < -0.3 is 9.80 Å². The molecule has 4 nitrogen and oxygen atoms in total. The van der Waals surface area contributed by atoms with Crippen molar-refractivity contribution in [3.8, 4) is 0 Å². The number of benzene rings is 1. The number of piperazine rings is 1. The third kappa shape index (κ3) is 3.35. The Labute approximate surface area is 161 Å². The second-order valence-electron chi connectivity index (χ2n) is 9.04. The van der Waals surface area contributed by atoms with Crippen LogP contribution in [0.1, 0.15) is 25.7 Å². The van der Waals surface area contributed by atoms with Crippen molar-refractivity contribution in [1.82, 2.24) is 9.80 Å². The molecule has 3 aliphatic carbocycles. The van der Waals surface area contributed by atoms with E-state index in [0.29, 0.717) is 12.5 Å². The van der Waals surface area contributed by atoms with Crippen molar-refractivity contribution in [1.29, 1.82) is 0 Å². The molecule has 6 rings (SSSR count). The van der Waals surface area contributed by atoms with Crippen molar-refractivity contribution in [2.24, 2.45) is 23.7 Å². The molecule has 2 aliphatic heterocycles. The molecule has 2 bridgehead atoms. The smallest absolute Gasteiger partial charge is 0.236 e. The summed E-state index contributed by atoms with van der Waals surface area (Å²) >= 11 is 0. The van der Waals surface area contributed by atoms with Crippen LogP contribution in [-0.2, 0) is 4.79 Å². The lowest BCUT2D eigenvalue weighted by atomic mass is 9.60. The predicted molar refractivity (Wildman–Crippen MR) is 104 cm³/mol. The van der Waals surface area contributed by atoms with Gasteiger partial charge in [-0.05, 0) is 73.6 Å². The first-order chi connectivity index (χ1) is 13.2. The van der Waals surface area contributed by atoms with Crippen molar-refractivity contribution >= 4 is 11.6 Å². The Morgan fingerprint density at radius 1 is 0.889 bits per heavy atom. The number of halogens is 1. The highest BCUT2D eigenvalue weighted by molar-refractivity contribution is 5.78. The van der Waals surface area contributed by atoms with Crippen LogP contribution in [0, 0.1) is 29.5 Å². The lowest BCUT2D eigenvalue weighted by molar-refractivity contribution is -0.132. The Hall–Kier alpha value is -1.62. The topological polar surface area (TPSA) is 26.8 Å². The Bertz CT molecular complexity index is 657. The molecule has 1 aromatic rings. The van der Waals surface area contributed by atoms with E-state index in [1.54, 1.807) is 0 Å². The monoisotopic (exact) mass is 371 g/mol. The van der Waals surface area contributed by atoms with Crippen molar-refractivity contribution < 1.29 is 9.18 Å². The van der Waals surface area contributed by atoms with Gasteiger partial charge in [-0.3, -0.25) is 9.69 Å². The summed E-state index contributed by atoms with van der Waals surface area (Å²) < 4.78 is 13.1. The number of hydrogen-bond acceptors (Lipinski definition) is 3. The van der Waals surface area contributed by atoms with Gasteiger partial charge in [0.05, 0.1) is 6.54 Å². The van der Waals surface area contributed by atoms with Crippen LogP contribution in [-0.4, -0.2) is 61.5 Å². The minimum Gasteiger partial charge on any atom is -0.368 e. The molecule has 5 aliphatic rings. The van der Waals surface area contributed by atoms with Gasteiger partial charge in [-0.25, -0.2) is 4.39 Å². The molecule has 0 N–H and O–H groups in total. The van der Waals surface area contributed by atoms with E-state index >= 15 is 0 Å². The van der Waals surface area contributed by atoms with E-state index in [-0.39, 0.29) is 5.82 Å². The number of anilines is 1. The van der Waals surface area contributed by atoms with Crippen LogP contribution < -0.4 is 4.90 Å². The highest BCUT2D eigenvalue weighted by Crippen LogP contribution is 2.51. The minimum absolute atomic E-state index is 0.202. The van der Waals surface area contributed by atoms with Crippen LogP contribution in [0.4, 0.5) is 10.1 Å². The SMILES string of the molecule is O=C(CN1CC2C3CCC(CC3)C2C1)N1CCN(c2ccc(F)cc2)CC1. The molecule has 0 radical (unpaired) electrons. The number of amides is 1. The molecule has 2 heterocycles. The summed E-state index contributed by atoms with van der Waals surface area (Å²) in [4.78, 5) is 19.6. The fourth-order valence-corrected chi connectivity index (χ4v) is 6.23. The Kier molecular flexibility index (Phi) is 4.58. The molecule has 2 atom stereocenters. The van der Waals surface area contributed by atoms with Crippen LogP contribution in [0.3, 0.4) is 0 Å². The minimum atomic E-state index is -0.202. The van der Waals surface area contributed by atoms with Crippen molar-refractivity contribution in [2.45, 2.75) is 25.7 Å². The van der Waals surface area contributed by atoms with Gasteiger partial charge in [0.2, 0.25) is 5.91 Å². The first kappa shape index (κ1) is 17.5. The summed E-state index contributed by atoms with van der Waals surface area (Å²) in [5, 5.41) is 0. The lowest BCUT2D eigenvalue weighted by Crippen LogP contribution is -2.51. The van der Waals surface area contributed by atoms with Gasteiger partial charge in [-0.2, -0.15) is 0 Å². The van der Waals surface area contributed by atoms with Crippen LogP contribution in [0.25, 0.3) is 0 Å². The number of carbonyl (C=O) groups excluding carboxylic acids is 1. The molecule has 5 heteroatoms. The van der Waals surface area contributed by atoms with Gasteiger partial charge in [-0.15, -0.1) is 0 Å². The predicted octanol–water partition coefficient (Wildman–Crippen LogP) is 2.84. The largest absolute Gasteiger partial charge is 0.368 e. The number of hydrogen-bond donors (Lipinski definition) is 0. The Morgan fingerprint density at radius 2 is 1.44 bits per heavy atom. The van der Waals surface area contributed by atoms with E-state index in [1.165, 1.54) is 37.8 Å². The molecule has 2 unspecified atom stereocenters. The average Bonchev–Trinajstić information content (AvgIpc) is 3.15. The molecule has 2 saturated heterocycles. The molecule has 1 amide bonds. The van der Waals surface area contributed by atoms with Crippen molar-refractivity contribution in [3.63, 3.8) is 0 Å². The Morgan fingerprint density at radius 3 is 2.00 bits per heavy atom. The molecule has 0 aromatic heterocycles. The maximum absolute atomic E-state index is 13.1. The standard InChI is InChI=1S/C22H30FN3O/c23-18-5-7-19(8-6-18)25-9-11-26(12-10-25)22(27)15-24-13-20-16-1-2-17(4-3-16)21(20)14-24/h5-8,16-17,20-21H,1-4,9-15H2. The molecule has 27 heavy (non-hydrogen) atoms. The molecule has 3 saturated carbocycles. The number of fused-ring (bicyclic) bond motifs is 2. The summed E-state index contributed by atoms with van der Waals surface area (Å²) in [6.45, 7) is 6.08. The van der Waals surface area contributed by atoms with E-state index in [1.807, 2.05) is 17.0 Å². The highest BCUT2D eigenvalue weighted by Gasteiger charge is 2.48. The van der Waals surface area contributed by atoms with Gasteiger partial charge in [0.25, 0.3) is 0 Å². The third-order valence-corrected chi connectivity index (χ3v) is 7.70. The highest BCUT2D eigenvalue weighted by atomic mass is 19.1. The summed E-state index contributed by atoms with van der Waals surface area (Å²) in [6.07, 6.45) is 5.72. The van der Waals surface area contributed by atoms with Crippen LogP contribution >= 0.6 is 0 Å². The number of likely N-dealkylation sites (tertiary alicyclic amines) is 1. The zero-order chi connectivity index (χ0) is 18.4. The molecule has 1 aromatic carbocycles. The molecule has 5 fully saturated rings. The maximum Gasteiger partial charge on any atom is 0.236 e. The number of carbonyl (C=O) groups is 1. The lowest BCUT2D eigenvalue weighted by Gasteiger charge is -2.45. The quantitative estimate of drug-likeness (QED) is 0.818. The summed E-state index contributed by atoms with van der Waals surface area (Å²) in [6, 6.07) is 6.67. The van der Waals surface area contributed by atoms with E-state index in [2.05, 4.69) is 9.80 Å². The molecular formula is C22H30FN3O. The van der Waals surface area contributed by atoms with Crippen LogP contribution in [0.5, 0.6) is 0 Å². The maximum atomic E-state index is 13.1. The third-order valence-electron chi connectivity index (χ3n) is 7.70. The first-order valence-electron chi connectivity index (χ1n) is 10.7. The summed E-state index contributed by atoms with van der Waals surface area (Å²) in [5.41, 5.74) is 1.04. The van der Waals surface area contributed by atoms with Crippen molar-refractivity contribution in [3.05, 3.63) is 30.1 Å². The summed E-state index contributed by atoms with van der Waals surface area (Å²) in [5.74, 6) is 3.67. The van der Waals surface area contributed by atoms with Crippen LogP contribution in [0.15, 0.2) is 24.3 Å². The van der Waals surface area contributed by atoms with Gasteiger partial charge in [-0.1, -0.05) is 0 Å².